The number of rotatable bonds is 8. The number of likely N-dealkylation sites (tertiary alicyclic amines) is 1. The van der Waals surface area contributed by atoms with Crippen LogP contribution in [0.4, 0.5) is 0 Å². The predicted molar refractivity (Wildman–Crippen MR) is 96.9 cm³/mol. The Kier molecular flexibility index (Phi) is 5.96. The predicted octanol–water partition coefficient (Wildman–Crippen LogP) is 1.76. The zero-order valence-corrected chi connectivity index (χ0v) is 15.2. The lowest BCUT2D eigenvalue weighted by atomic mass is 10.1. The molecule has 2 aromatic rings. The molecule has 1 amide bonds. The van der Waals surface area contributed by atoms with Crippen LogP contribution in [-0.2, 0) is 22.7 Å². The Labute approximate surface area is 158 Å². The maximum atomic E-state index is 12.0. The smallest absolute Gasteiger partial charge is 0.223 e. The van der Waals surface area contributed by atoms with Gasteiger partial charge in [-0.25, -0.2) is 0 Å². The van der Waals surface area contributed by atoms with E-state index in [9.17, 15) is 14.7 Å². The molecule has 0 spiro atoms. The quantitative estimate of drug-likeness (QED) is 0.709. The molecule has 1 fully saturated rings. The third kappa shape index (κ3) is 4.78. The molecule has 6 heteroatoms. The fraction of sp³-hybridized carbons (Fsp3) is 0.333. The topological polar surface area (TPSA) is 78.9 Å². The van der Waals surface area contributed by atoms with E-state index in [0.29, 0.717) is 31.3 Å². The van der Waals surface area contributed by atoms with Crippen LogP contribution in [0.1, 0.15) is 24.5 Å². The van der Waals surface area contributed by atoms with Gasteiger partial charge in [0.2, 0.25) is 5.91 Å². The second-order valence-corrected chi connectivity index (χ2v) is 6.48. The lowest BCUT2D eigenvalue weighted by Crippen LogP contribution is -2.33. The number of carbonyl (C=O) groups is 2. The molecule has 2 aromatic carbocycles. The van der Waals surface area contributed by atoms with E-state index in [2.05, 4.69) is 0 Å². The van der Waals surface area contributed by atoms with Gasteiger partial charge in [0.05, 0.1) is 6.61 Å². The molecule has 1 aliphatic heterocycles. The summed E-state index contributed by atoms with van der Waals surface area (Å²) in [6.45, 7) is 3.32. The van der Waals surface area contributed by atoms with Gasteiger partial charge < -0.3 is 24.3 Å². The minimum atomic E-state index is -1.18. The van der Waals surface area contributed by atoms with Gasteiger partial charge in [-0.15, -0.1) is 0 Å². The minimum Gasteiger partial charge on any atom is -0.550 e. The van der Waals surface area contributed by atoms with Crippen molar-refractivity contribution in [2.24, 2.45) is 5.92 Å². The standard InChI is InChI=1S/C21H23NO5/c1-2-26-19-10-16(12-22-13-17(21(24)25)11-20(22)23)8-9-18(19)27-14-15-6-4-3-5-7-15/h3-10,17H,2,11-14H2,1H3,(H,24,25)/p-1/t17-/m1/s1. The summed E-state index contributed by atoms with van der Waals surface area (Å²) < 4.78 is 11.6. The Morgan fingerprint density at radius 3 is 2.56 bits per heavy atom. The highest BCUT2D eigenvalue weighted by atomic mass is 16.5. The van der Waals surface area contributed by atoms with Gasteiger partial charge in [-0.05, 0) is 30.2 Å². The summed E-state index contributed by atoms with van der Waals surface area (Å²) in [5, 5.41) is 11.0. The summed E-state index contributed by atoms with van der Waals surface area (Å²) in [4.78, 5) is 24.5. The molecule has 0 N–H and O–H groups in total. The largest absolute Gasteiger partial charge is 0.550 e. The molecular weight excluding hydrogens is 346 g/mol. The molecule has 6 nitrogen and oxygen atoms in total. The normalized spacial score (nSPS) is 16.4. The first-order chi connectivity index (χ1) is 13.1. The monoisotopic (exact) mass is 368 g/mol. The SMILES string of the molecule is CCOc1cc(CN2C[C@H](C(=O)[O-])CC2=O)ccc1OCc1ccccc1. The van der Waals surface area contributed by atoms with Crippen molar-refractivity contribution in [3.05, 3.63) is 59.7 Å². The van der Waals surface area contributed by atoms with Gasteiger partial charge in [-0.3, -0.25) is 4.79 Å². The number of hydrogen-bond donors (Lipinski definition) is 0. The lowest BCUT2D eigenvalue weighted by molar-refractivity contribution is -0.311. The van der Waals surface area contributed by atoms with Gasteiger partial charge in [0.1, 0.15) is 6.61 Å². The van der Waals surface area contributed by atoms with Crippen LogP contribution in [-0.4, -0.2) is 29.9 Å². The molecule has 3 rings (SSSR count). The van der Waals surface area contributed by atoms with Gasteiger partial charge in [0, 0.05) is 31.4 Å². The van der Waals surface area contributed by atoms with Crippen LogP contribution < -0.4 is 14.6 Å². The summed E-state index contributed by atoms with van der Waals surface area (Å²) >= 11 is 0. The molecule has 0 unspecified atom stereocenters. The van der Waals surface area contributed by atoms with Crippen LogP contribution in [0, 0.1) is 5.92 Å². The fourth-order valence-corrected chi connectivity index (χ4v) is 3.08. The van der Waals surface area contributed by atoms with Crippen molar-refractivity contribution in [2.45, 2.75) is 26.5 Å². The number of carboxylic acids is 1. The Morgan fingerprint density at radius 1 is 1.11 bits per heavy atom. The van der Waals surface area contributed by atoms with E-state index < -0.39 is 11.9 Å². The summed E-state index contributed by atoms with van der Waals surface area (Å²) in [5.74, 6) is -0.853. The van der Waals surface area contributed by atoms with Gasteiger partial charge in [-0.1, -0.05) is 36.4 Å². The van der Waals surface area contributed by atoms with Crippen LogP contribution in [0.3, 0.4) is 0 Å². The maximum Gasteiger partial charge on any atom is 0.223 e. The van der Waals surface area contributed by atoms with Crippen LogP contribution in [0.25, 0.3) is 0 Å². The Balaban J connectivity index is 1.69. The molecule has 0 bridgehead atoms. The van der Waals surface area contributed by atoms with E-state index in [4.69, 9.17) is 9.47 Å². The molecule has 0 saturated carbocycles. The summed E-state index contributed by atoms with van der Waals surface area (Å²) in [7, 11) is 0. The first-order valence-corrected chi connectivity index (χ1v) is 8.98. The third-order valence-electron chi connectivity index (χ3n) is 4.47. The van der Waals surface area contributed by atoms with Crippen molar-refractivity contribution < 1.29 is 24.2 Å². The number of carboxylic acid groups (broad SMARTS) is 1. The molecule has 1 aliphatic rings. The molecule has 1 heterocycles. The van der Waals surface area contributed by atoms with Crippen molar-refractivity contribution in [3.63, 3.8) is 0 Å². The fourth-order valence-electron chi connectivity index (χ4n) is 3.08. The molecular formula is C21H22NO5-. The van der Waals surface area contributed by atoms with Crippen molar-refractivity contribution in [1.82, 2.24) is 4.90 Å². The highest BCUT2D eigenvalue weighted by molar-refractivity contribution is 5.85. The molecule has 27 heavy (non-hydrogen) atoms. The molecule has 0 aliphatic carbocycles. The molecule has 1 atom stereocenters. The Morgan fingerprint density at radius 2 is 1.89 bits per heavy atom. The van der Waals surface area contributed by atoms with E-state index in [-0.39, 0.29) is 18.9 Å². The summed E-state index contributed by atoms with van der Waals surface area (Å²) in [6, 6.07) is 15.4. The van der Waals surface area contributed by atoms with Gasteiger partial charge in [0.15, 0.2) is 11.5 Å². The zero-order valence-electron chi connectivity index (χ0n) is 15.2. The van der Waals surface area contributed by atoms with Crippen molar-refractivity contribution in [1.29, 1.82) is 0 Å². The van der Waals surface area contributed by atoms with E-state index >= 15 is 0 Å². The van der Waals surface area contributed by atoms with Crippen LogP contribution in [0.2, 0.25) is 0 Å². The number of amides is 1. The average Bonchev–Trinajstić information content (AvgIpc) is 3.03. The Hall–Kier alpha value is -3.02. The van der Waals surface area contributed by atoms with Crippen molar-refractivity contribution in [2.75, 3.05) is 13.2 Å². The first kappa shape index (κ1) is 18.8. The second-order valence-electron chi connectivity index (χ2n) is 6.48. The maximum absolute atomic E-state index is 12.0. The van der Waals surface area contributed by atoms with Gasteiger partial charge >= 0.3 is 0 Å². The average molecular weight is 368 g/mol. The highest BCUT2D eigenvalue weighted by Crippen LogP contribution is 2.30. The number of benzene rings is 2. The lowest BCUT2D eigenvalue weighted by Gasteiger charge is -2.19. The molecule has 1 saturated heterocycles. The highest BCUT2D eigenvalue weighted by Gasteiger charge is 2.30. The molecule has 0 aromatic heterocycles. The first-order valence-electron chi connectivity index (χ1n) is 8.98. The van der Waals surface area contributed by atoms with Crippen molar-refractivity contribution >= 4 is 11.9 Å². The number of carbonyl (C=O) groups excluding carboxylic acids is 2. The summed E-state index contributed by atoms with van der Waals surface area (Å²) in [5.41, 5.74) is 1.91. The van der Waals surface area contributed by atoms with Gasteiger partial charge in [0.25, 0.3) is 0 Å². The number of nitrogens with zero attached hydrogens (tertiary/aromatic N) is 1. The molecule has 142 valence electrons. The second kappa shape index (κ2) is 8.58. The Bertz CT molecular complexity index is 805. The third-order valence-corrected chi connectivity index (χ3v) is 4.47. The van der Waals surface area contributed by atoms with E-state index in [1.807, 2.05) is 55.5 Å². The zero-order chi connectivity index (χ0) is 19.2. The number of hydrogen-bond acceptors (Lipinski definition) is 5. The van der Waals surface area contributed by atoms with Crippen molar-refractivity contribution in [3.8, 4) is 11.5 Å². The van der Waals surface area contributed by atoms with E-state index in [1.54, 1.807) is 0 Å². The molecule has 0 radical (unpaired) electrons. The van der Waals surface area contributed by atoms with E-state index in [1.165, 1.54) is 4.90 Å². The number of ether oxygens (including phenoxy) is 2. The minimum absolute atomic E-state index is 0.00107. The van der Waals surface area contributed by atoms with Crippen LogP contribution in [0.5, 0.6) is 11.5 Å². The van der Waals surface area contributed by atoms with Crippen LogP contribution >= 0.6 is 0 Å². The number of aliphatic carboxylic acids is 1. The van der Waals surface area contributed by atoms with E-state index in [0.717, 1.165) is 11.1 Å². The van der Waals surface area contributed by atoms with Gasteiger partial charge in [-0.2, -0.15) is 0 Å². The summed E-state index contributed by atoms with van der Waals surface area (Å²) in [6.07, 6.45) is -0.00107. The van der Waals surface area contributed by atoms with Crippen LogP contribution in [0.15, 0.2) is 48.5 Å².